The Morgan fingerprint density at radius 3 is 2.57 bits per heavy atom. The van der Waals surface area contributed by atoms with E-state index in [1.165, 1.54) is 82.9 Å². The van der Waals surface area contributed by atoms with Crippen molar-refractivity contribution in [1.82, 2.24) is 4.58 Å². The Hall–Kier alpha value is -2.09. The van der Waals surface area contributed by atoms with E-state index in [4.69, 9.17) is 0 Å². The van der Waals surface area contributed by atoms with E-state index in [9.17, 15) is 0 Å². The summed E-state index contributed by atoms with van der Waals surface area (Å²) in [4.78, 5) is 2.57. The maximum Gasteiger partial charge on any atom is 0.203 e. The molecule has 28 heavy (non-hydrogen) atoms. The first-order chi connectivity index (χ1) is 13.5. The third kappa shape index (κ3) is 2.57. The first-order valence-corrected chi connectivity index (χ1v) is 11.2. The number of aryl methyl sites for hydroxylation is 2. The number of nitrogens with zero attached hydrogens (tertiary/aromatic N) is 2. The SMILES string of the molecule is CCN1CCCc2cc3c(cc21)C(C)(C)c1cc2c(cc1=C3)CCC[N+]=2CC. The van der Waals surface area contributed by atoms with Crippen molar-refractivity contribution in [2.75, 3.05) is 31.1 Å². The van der Waals surface area contributed by atoms with E-state index in [0.29, 0.717) is 0 Å². The topological polar surface area (TPSA) is 6.25 Å². The van der Waals surface area contributed by atoms with Gasteiger partial charge in [0.2, 0.25) is 5.36 Å². The standard InChI is InChI=1S/C26H33N2/c1-5-27-11-7-9-18-13-20-15-21-14-19-10-8-12-28(6-2)25(19)17-23(21)26(3,4)22(20)16-24(18)27/h13-17H,5-12H2,1-4H3/q+1. The number of benzene rings is 2. The number of hydrogen-bond acceptors (Lipinski definition) is 1. The minimum atomic E-state index is 0.0389. The second kappa shape index (κ2) is 6.47. The van der Waals surface area contributed by atoms with Crippen LogP contribution in [-0.4, -0.2) is 26.2 Å². The molecule has 0 N–H and O–H groups in total. The zero-order valence-corrected chi connectivity index (χ0v) is 17.9. The van der Waals surface area contributed by atoms with E-state index in [-0.39, 0.29) is 5.41 Å². The van der Waals surface area contributed by atoms with Crippen molar-refractivity contribution >= 4 is 11.8 Å². The highest BCUT2D eigenvalue weighted by molar-refractivity contribution is 5.71. The molecule has 2 nitrogen and oxygen atoms in total. The van der Waals surface area contributed by atoms with Gasteiger partial charge in [-0.05, 0) is 84.9 Å². The molecular formula is C26H33N2+. The average Bonchev–Trinajstić information content (AvgIpc) is 2.70. The van der Waals surface area contributed by atoms with Crippen LogP contribution in [0.25, 0.3) is 6.08 Å². The number of hydrogen-bond donors (Lipinski definition) is 0. The van der Waals surface area contributed by atoms with Gasteiger partial charge < -0.3 is 4.90 Å². The lowest BCUT2D eigenvalue weighted by molar-refractivity contribution is 0.534. The number of rotatable bonds is 2. The Labute approximate surface area is 169 Å². The molecule has 3 aliphatic rings. The zero-order valence-electron chi connectivity index (χ0n) is 17.9. The minimum absolute atomic E-state index is 0.0389. The van der Waals surface area contributed by atoms with Crippen molar-refractivity contribution in [1.29, 1.82) is 0 Å². The molecular weight excluding hydrogens is 340 g/mol. The molecule has 0 amide bonds. The van der Waals surface area contributed by atoms with Gasteiger partial charge >= 0.3 is 0 Å². The fourth-order valence-corrected chi connectivity index (χ4v) is 5.75. The molecule has 0 bridgehead atoms. The van der Waals surface area contributed by atoms with Crippen molar-refractivity contribution in [2.24, 2.45) is 0 Å². The molecule has 0 fully saturated rings. The van der Waals surface area contributed by atoms with Crippen LogP contribution in [0.1, 0.15) is 68.4 Å². The van der Waals surface area contributed by atoms with E-state index < -0.39 is 0 Å². The molecule has 146 valence electrons. The predicted molar refractivity (Wildman–Crippen MR) is 119 cm³/mol. The van der Waals surface area contributed by atoms with Gasteiger partial charge in [0.15, 0.2) is 0 Å². The van der Waals surface area contributed by atoms with Crippen molar-refractivity contribution in [3.63, 3.8) is 0 Å². The first kappa shape index (κ1) is 18.0. The summed E-state index contributed by atoms with van der Waals surface area (Å²) >= 11 is 0. The summed E-state index contributed by atoms with van der Waals surface area (Å²) in [5, 5.41) is 2.92. The lowest BCUT2D eigenvalue weighted by Gasteiger charge is -2.36. The molecule has 2 heterocycles. The second-order valence-corrected chi connectivity index (χ2v) is 9.27. The van der Waals surface area contributed by atoms with Crippen molar-refractivity contribution in [2.45, 2.75) is 58.8 Å². The van der Waals surface area contributed by atoms with Gasteiger partial charge in [-0.25, -0.2) is 4.58 Å². The Morgan fingerprint density at radius 1 is 0.964 bits per heavy atom. The van der Waals surface area contributed by atoms with Gasteiger partial charge in [-0.2, -0.15) is 0 Å². The molecule has 2 aliphatic heterocycles. The van der Waals surface area contributed by atoms with Gasteiger partial charge in [-0.1, -0.05) is 13.8 Å². The van der Waals surface area contributed by atoms with Crippen LogP contribution in [0.3, 0.4) is 0 Å². The smallest absolute Gasteiger partial charge is 0.203 e. The summed E-state index contributed by atoms with van der Waals surface area (Å²) in [5.41, 5.74) is 9.03. The summed E-state index contributed by atoms with van der Waals surface area (Å²) in [6.07, 6.45) is 7.46. The minimum Gasteiger partial charge on any atom is -0.372 e. The zero-order chi connectivity index (χ0) is 19.5. The van der Waals surface area contributed by atoms with Crippen LogP contribution in [0.5, 0.6) is 0 Å². The van der Waals surface area contributed by atoms with Crippen LogP contribution >= 0.6 is 0 Å². The summed E-state index contributed by atoms with van der Waals surface area (Å²) in [6, 6.07) is 10.0. The third-order valence-electron chi connectivity index (χ3n) is 7.35. The van der Waals surface area contributed by atoms with Crippen LogP contribution in [0.4, 0.5) is 5.69 Å². The third-order valence-corrected chi connectivity index (χ3v) is 7.35. The van der Waals surface area contributed by atoms with Crippen molar-refractivity contribution in [3.05, 3.63) is 62.7 Å². The number of fused-ring (bicyclic) bond motifs is 4. The van der Waals surface area contributed by atoms with Crippen LogP contribution < -0.4 is 20.1 Å². The molecule has 0 aromatic heterocycles. The summed E-state index contributed by atoms with van der Waals surface area (Å²) in [6.45, 7) is 14.0. The number of anilines is 1. The highest BCUT2D eigenvalue weighted by Crippen LogP contribution is 2.40. The summed E-state index contributed by atoms with van der Waals surface area (Å²) in [7, 11) is 0. The van der Waals surface area contributed by atoms with Gasteiger partial charge in [0.05, 0.1) is 0 Å². The Kier molecular flexibility index (Phi) is 4.15. The average molecular weight is 374 g/mol. The molecule has 1 aliphatic carbocycles. The molecule has 0 atom stereocenters. The fourth-order valence-electron chi connectivity index (χ4n) is 5.75. The van der Waals surface area contributed by atoms with Crippen molar-refractivity contribution < 1.29 is 0 Å². The molecule has 5 rings (SSSR count). The fraction of sp³-hybridized carbons (Fsp3) is 0.500. The Balaban J connectivity index is 1.78. The highest BCUT2D eigenvalue weighted by Gasteiger charge is 2.33. The van der Waals surface area contributed by atoms with E-state index in [1.54, 1.807) is 0 Å². The molecule has 2 aromatic rings. The van der Waals surface area contributed by atoms with Crippen LogP contribution in [0.2, 0.25) is 0 Å². The van der Waals surface area contributed by atoms with E-state index in [2.05, 4.69) is 67.5 Å². The van der Waals surface area contributed by atoms with Crippen LogP contribution in [-0.2, 0) is 18.3 Å². The van der Waals surface area contributed by atoms with Gasteiger partial charge in [-0.3, -0.25) is 0 Å². The molecule has 2 heteroatoms. The normalized spacial score (nSPS) is 19.3. The van der Waals surface area contributed by atoms with Gasteiger partial charge in [0.1, 0.15) is 13.1 Å². The van der Waals surface area contributed by atoms with Gasteiger partial charge in [0.25, 0.3) is 0 Å². The molecule has 0 radical (unpaired) electrons. The molecule has 0 saturated carbocycles. The van der Waals surface area contributed by atoms with E-state index in [0.717, 1.165) is 13.1 Å². The molecule has 0 saturated heterocycles. The van der Waals surface area contributed by atoms with E-state index >= 15 is 0 Å². The maximum atomic E-state index is 2.57. The van der Waals surface area contributed by atoms with Crippen molar-refractivity contribution in [3.8, 4) is 0 Å². The Bertz CT molecular complexity index is 1070. The lowest BCUT2D eigenvalue weighted by Crippen LogP contribution is -2.42. The maximum absolute atomic E-state index is 2.57. The predicted octanol–water partition coefficient (Wildman–Crippen LogP) is 3.38. The van der Waals surface area contributed by atoms with Gasteiger partial charge in [-0.15, -0.1) is 0 Å². The first-order valence-electron chi connectivity index (χ1n) is 11.2. The summed E-state index contributed by atoms with van der Waals surface area (Å²) in [5.74, 6) is 0. The van der Waals surface area contributed by atoms with Crippen LogP contribution in [0.15, 0.2) is 24.3 Å². The highest BCUT2D eigenvalue weighted by atomic mass is 15.1. The van der Waals surface area contributed by atoms with Gasteiger partial charge in [0, 0.05) is 42.2 Å². The quantitative estimate of drug-likeness (QED) is 0.732. The monoisotopic (exact) mass is 373 g/mol. The summed E-state index contributed by atoms with van der Waals surface area (Å²) < 4.78 is 2.57. The second-order valence-electron chi connectivity index (χ2n) is 9.27. The van der Waals surface area contributed by atoms with Crippen LogP contribution in [0, 0.1) is 0 Å². The van der Waals surface area contributed by atoms with E-state index in [1.807, 2.05) is 0 Å². The largest absolute Gasteiger partial charge is 0.372 e. The lowest BCUT2D eigenvalue weighted by atomic mass is 9.71. The Morgan fingerprint density at radius 2 is 1.79 bits per heavy atom. The molecule has 2 aromatic carbocycles. The molecule has 0 unspecified atom stereocenters. The molecule has 0 spiro atoms.